The first-order chi connectivity index (χ1) is 11.0. The lowest BCUT2D eigenvalue weighted by atomic mass is 10.1. The fourth-order valence-corrected chi connectivity index (χ4v) is 2.95. The SMILES string of the molecule is CCCOc1c(Br)cc(CNc2cc(C)ccc2C)cc1OC. The summed E-state index contributed by atoms with van der Waals surface area (Å²) in [5.74, 6) is 1.52. The van der Waals surface area contributed by atoms with E-state index in [1.807, 2.05) is 6.07 Å². The quantitative estimate of drug-likeness (QED) is 0.693. The van der Waals surface area contributed by atoms with Crippen LogP contribution in [0.2, 0.25) is 0 Å². The third-order valence-electron chi connectivity index (χ3n) is 3.62. The van der Waals surface area contributed by atoms with Gasteiger partial charge in [0.2, 0.25) is 0 Å². The summed E-state index contributed by atoms with van der Waals surface area (Å²) in [5.41, 5.74) is 4.79. The van der Waals surface area contributed by atoms with Gasteiger partial charge in [-0.3, -0.25) is 0 Å². The molecule has 0 unspecified atom stereocenters. The summed E-state index contributed by atoms with van der Waals surface area (Å²) in [6.45, 7) is 7.70. The minimum atomic E-state index is 0.676. The maximum Gasteiger partial charge on any atom is 0.175 e. The Hall–Kier alpha value is -1.68. The van der Waals surface area contributed by atoms with Crippen LogP contribution in [-0.2, 0) is 6.54 Å². The van der Waals surface area contributed by atoms with E-state index >= 15 is 0 Å². The van der Waals surface area contributed by atoms with Gasteiger partial charge in [0.1, 0.15) is 0 Å². The number of nitrogens with one attached hydrogen (secondary N) is 1. The number of aryl methyl sites for hydroxylation is 2. The first kappa shape index (κ1) is 17.7. The van der Waals surface area contributed by atoms with E-state index in [0.29, 0.717) is 6.61 Å². The second kappa shape index (κ2) is 8.25. The molecule has 0 saturated carbocycles. The van der Waals surface area contributed by atoms with Crippen molar-refractivity contribution in [2.24, 2.45) is 0 Å². The molecule has 0 fully saturated rings. The third kappa shape index (κ3) is 4.64. The minimum Gasteiger partial charge on any atom is -0.493 e. The Balaban J connectivity index is 2.17. The number of hydrogen-bond donors (Lipinski definition) is 1. The highest BCUT2D eigenvalue weighted by Gasteiger charge is 2.11. The molecule has 23 heavy (non-hydrogen) atoms. The standard InChI is InChI=1S/C19H24BrNO2/c1-5-8-23-19-16(20)10-15(11-18(19)22-4)12-21-17-9-13(2)6-7-14(17)3/h6-7,9-11,21H,5,8,12H2,1-4H3. The zero-order valence-electron chi connectivity index (χ0n) is 14.2. The van der Waals surface area contributed by atoms with Crippen molar-refractivity contribution in [1.29, 1.82) is 0 Å². The van der Waals surface area contributed by atoms with Gasteiger partial charge >= 0.3 is 0 Å². The van der Waals surface area contributed by atoms with Gasteiger partial charge in [-0.1, -0.05) is 19.1 Å². The van der Waals surface area contributed by atoms with Crippen molar-refractivity contribution in [2.75, 3.05) is 19.0 Å². The van der Waals surface area contributed by atoms with Crippen LogP contribution in [-0.4, -0.2) is 13.7 Å². The van der Waals surface area contributed by atoms with Gasteiger partial charge in [0.05, 0.1) is 18.2 Å². The van der Waals surface area contributed by atoms with Gasteiger partial charge in [-0.05, 0) is 71.1 Å². The van der Waals surface area contributed by atoms with Crippen molar-refractivity contribution in [3.8, 4) is 11.5 Å². The fourth-order valence-electron chi connectivity index (χ4n) is 2.34. The van der Waals surface area contributed by atoms with Crippen LogP contribution in [0.25, 0.3) is 0 Å². The number of ether oxygens (including phenoxy) is 2. The molecular formula is C19H24BrNO2. The first-order valence-electron chi connectivity index (χ1n) is 7.85. The lowest BCUT2D eigenvalue weighted by Crippen LogP contribution is -2.04. The number of halogens is 1. The summed E-state index contributed by atoms with van der Waals surface area (Å²) in [5, 5.41) is 3.49. The Bertz CT molecular complexity index is 671. The molecule has 0 aromatic heterocycles. The van der Waals surface area contributed by atoms with Gasteiger partial charge in [0.15, 0.2) is 11.5 Å². The second-order valence-electron chi connectivity index (χ2n) is 5.63. The molecule has 0 aliphatic rings. The molecule has 0 aliphatic heterocycles. The molecule has 0 saturated heterocycles. The van der Waals surface area contributed by atoms with Crippen LogP contribution in [0, 0.1) is 13.8 Å². The van der Waals surface area contributed by atoms with Gasteiger partial charge in [0, 0.05) is 12.2 Å². The van der Waals surface area contributed by atoms with Crippen LogP contribution in [0.4, 0.5) is 5.69 Å². The van der Waals surface area contributed by atoms with Crippen LogP contribution in [0.3, 0.4) is 0 Å². The normalized spacial score (nSPS) is 10.5. The van der Waals surface area contributed by atoms with Crippen molar-refractivity contribution in [1.82, 2.24) is 0 Å². The highest BCUT2D eigenvalue weighted by atomic mass is 79.9. The zero-order chi connectivity index (χ0) is 16.8. The summed E-state index contributed by atoms with van der Waals surface area (Å²) in [7, 11) is 1.67. The molecule has 0 atom stereocenters. The minimum absolute atomic E-state index is 0.676. The van der Waals surface area contributed by atoms with Gasteiger partial charge in [-0.2, -0.15) is 0 Å². The van der Waals surface area contributed by atoms with E-state index in [2.05, 4.69) is 66.3 Å². The average molecular weight is 378 g/mol. The number of hydrogen-bond acceptors (Lipinski definition) is 3. The van der Waals surface area contributed by atoms with Crippen molar-refractivity contribution >= 4 is 21.6 Å². The summed E-state index contributed by atoms with van der Waals surface area (Å²) in [4.78, 5) is 0. The van der Waals surface area contributed by atoms with Gasteiger partial charge in [0.25, 0.3) is 0 Å². The predicted molar refractivity (Wildman–Crippen MR) is 99.7 cm³/mol. The second-order valence-corrected chi connectivity index (χ2v) is 6.48. The summed E-state index contributed by atoms with van der Waals surface area (Å²) in [6.07, 6.45) is 0.964. The highest BCUT2D eigenvalue weighted by molar-refractivity contribution is 9.10. The number of rotatable bonds is 7. The molecule has 0 spiro atoms. The van der Waals surface area contributed by atoms with E-state index < -0.39 is 0 Å². The fraction of sp³-hybridized carbons (Fsp3) is 0.368. The number of methoxy groups -OCH3 is 1. The Kier molecular flexibility index (Phi) is 6.34. The van der Waals surface area contributed by atoms with Crippen LogP contribution in [0.5, 0.6) is 11.5 Å². The van der Waals surface area contributed by atoms with Gasteiger partial charge in [-0.15, -0.1) is 0 Å². The molecule has 2 aromatic rings. The van der Waals surface area contributed by atoms with E-state index in [1.54, 1.807) is 7.11 Å². The predicted octanol–water partition coefficient (Wildman–Crippen LogP) is 5.48. The van der Waals surface area contributed by atoms with E-state index in [0.717, 1.165) is 40.2 Å². The molecule has 4 heteroatoms. The van der Waals surface area contributed by atoms with Crippen LogP contribution < -0.4 is 14.8 Å². The molecular weight excluding hydrogens is 354 g/mol. The first-order valence-corrected chi connectivity index (χ1v) is 8.64. The van der Waals surface area contributed by atoms with Crippen LogP contribution >= 0.6 is 15.9 Å². The molecule has 0 bridgehead atoms. The summed E-state index contributed by atoms with van der Waals surface area (Å²) >= 11 is 3.59. The molecule has 2 aromatic carbocycles. The maximum absolute atomic E-state index is 5.77. The third-order valence-corrected chi connectivity index (χ3v) is 4.20. The molecule has 0 heterocycles. The molecule has 1 N–H and O–H groups in total. The maximum atomic E-state index is 5.77. The number of benzene rings is 2. The Morgan fingerprint density at radius 3 is 2.61 bits per heavy atom. The summed E-state index contributed by atoms with van der Waals surface area (Å²) < 4.78 is 12.2. The Morgan fingerprint density at radius 1 is 1.13 bits per heavy atom. The lowest BCUT2D eigenvalue weighted by Gasteiger charge is -2.15. The van der Waals surface area contributed by atoms with E-state index in [9.17, 15) is 0 Å². The van der Waals surface area contributed by atoms with Gasteiger partial charge in [-0.25, -0.2) is 0 Å². The molecule has 124 valence electrons. The van der Waals surface area contributed by atoms with E-state index in [1.165, 1.54) is 11.1 Å². The molecule has 0 radical (unpaired) electrons. The smallest absolute Gasteiger partial charge is 0.175 e. The highest BCUT2D eigenvalue weighted by Crippen LogP contribution is 2.37. The van der Waals surface area contributed by atoms with Crippen molar-refractivity contribution in [2.45, 2.75) is 33.7 Å². The molecule has 0 aliphatic carbocycles. The Morgan fingerprint density at radius 2 is 1.91 bits per heavy atom. The molecule has 0 amide bonds. The van der Waals surface area contributed by atoms with Crippen molar-refractivity contribution < 1.29 is 9.47 Å². The van der Waals surface area contributed by atoms with Crippen LogP contribution in [0.1, 0.15) is 30.0 Å². The molecule has 3 nitrogen and oxygen atoms in total. The topological polar surface area (TPSA) is 30.5 Å². The monoisotopic (exact) mass is 377 g/mol. The van der Waals surface area contributed by atoms with Gasteiger partial charge < -0.3 is 14.8 Å². The lowest BCUT2D eigenvalue weighted by molar-refractivity contribution is 0.292. The van der Waals surface area contributed by atoms with E-state index in [-0.39, 0.29) is 0 Å². The number of anilines is 1. The summed E-state index contributed by atoms with van der Waals surface area (Å²) in [6, 6.07) is 10.5. The Labute approximate surface area is 147 Å². The van der Waals surface area contributed by atoms with Crippen LogP contribution in [0.15, 0.2) is 34.8 Å². The molecule has 2 rings (SSSR count). The van der Waals surface area contributed by atoms with E-state index in [4.69, 9.17) is 9.47 Å². The van der Waals surface area contributed by atoms with Crippen molar-refractivity contribution in [3.63, 3.8) is 0 Å². The largest absolute Gasteiger partial charge is 0.493 e. The van der Waals surface area contributed by atoms with Crippen molar-refractivity contribution in [3.05, 3.63) is 51.5 Å². The zero-order valence-corrected chi connectivity index (χ0v) is 15.8. The average Bonchev–Trinajstić information content (AvgIpc) is 2.54.